The molecule has 146 valence electrons. The number of para-hydroxylation sites is 1. The third-order valence-electron chi connectivity index (χ3n) is 4.46. The lowest BCUT2D eigenvalue weighted by Crippen LogP contribution is -2.27. The van der Waals surface area contributed by atoms with Gasteiger partial charge in [-0.3, -0.25) is 9.36 Å². The van der Waals surface area contributed by atoms with Crippen LogP contribution >= 0.6 is 11.8 Å². The van der Waals surface area contributed by atoms with Gasteiger partial charge in [0, 0.05) is 13.6 Å². The molecule has 28 heavy (non-hydrogen) atoms. The predicted octanol–water partition coefficient (Wildman–Crippen LogP) is 3.64. The van der Waals surface area contributed by atoms with Crippen molar-refractivity contribution in [2.24, 2.45) is 0 Å². The third-order valence-corrected chi connectivity index (χ3v) is 5.37. The smallest absolute Gasteiger partial charge is 0.233 e. The Labute approximate surface area is 169 Å². The van der Waals surface area contributed by atoms with Crippen LogP contribution in [0, 0.1) is 13.8 Å². The number of thioether (sulfide) groups is 1. The van der Waals surface area contributed by atoms with Gasteiger partial charge in [-0.1, -0.05) is 42.1 Å². The average Bonchev–Trinajstić information content (AvgIpc) is 3.06. The average molecular weight is 397 g/mol. The van der Waals surface area contributed by atoms with Crippen LogP contribution in [0.4, 0.5) is 0 Å². The minimum atomic E-state index is 0.0322. The molecule has 0 N–H and O–H groups in total. The zero-order chi connectivity index (χ0) is 20.1. The summed E-state index contributed by atoms with van der Waals surface area (Å²) in [6.45, 7) is 4.50. The number of benzene rings is 2. The molecule has 6 nitrogen and oxygen atoms in total. The van der Waals surface area contributed by atoms with E-state index in [0.29, 0.717) is 12.3 Å². The summed E-state index contributed by atoms with van der Waals surface area (Å²) in [5, 5.41) is 9.17. The largest absolute Gasteiger partial charge is 0.497 e. The van der Waals surface area contributed by atoms with Crippen molar-refractivity contribution in [1.29, 1.82) is 0 Å². The number of rotatable bonds is 7. The molecule has 2 aromatic carbocycles. The first-order chi connectivity index (χ1) is 13.5. The van der Waals surface area contributed by atoms with Crippen LogP contribution in [0.25, 0.3) is 5.69 Å². The van der Waals surface area contributed by atoms with E-state index in [1.807, 2.05) is 54.0 Å². The highest BCUT2D eigenvalue weighted by atomic mass is 32.2. The van der Waals surface area contributed by atoms with Crippen LogP contribution in [-0.4, -0.2) is 45.5 Å². The standard InChI is InChI=1S/C21H24N4O2S/c1-15-8-5-6-11-19(15)25-16(2)22-23-21(25)28-14-20(26)24(3)13-17-9-7-10-18(12-17)27-4/h5-12H,13-14H2,1-4H3. The van der Waals surface area contributed by atoms with E-state index >= 15 is 0 Å². The third kappa shape index (κ3) is 4.54. The molecule has 0 aliphatic carbocycles. The van der Waals surface area contributed by atoms with Crippen molar-refractivity contribution in [2.45, 2.75) is 25.5 Å². The predicted molar refractivity (Wildman–Crippen MR) is 111 cm³/mol. The van der Waals surface area contributed by atoms with Gasteiger partial charge in [0.15, 0.2) is 5.16 Å². The summed E-state index contributed by atoms with van der Waals surface area (Å²) in [4.78, 5) is 14.3. The van der Waals surface area contributed by atoms with Crippen molar-refractivity contribution < 1.29 is 9.53 Å². The number of ether oxygens (including phenoxy) is 1. The molecule has 0 aliphatic rings. The second kappa shape index (κ2) is 8.93. The van der Waals surface area contributed by atoms with Gasteiger partial charge in [0.05, 0.1) is 18.6 Å². The van der Waals surface area contributed by atoms with Gasteiger partial charge in [-0.15, -0.1) is 10.2 Å². The topological polar surface area (TPSA) is 60.2 Å². The molecule has 0 aliphatic heterocycles. The van der Waals surface area contributed by atoms with Crippen molar-refractivity contribution in [1.82, 2.24) is 19.7 Å². The number of hydrogen-bond donors (Lipinski definition) is 0. The summed E-state index contributed by atoms with van der Waals surface area (Å²) in [6, 6.07) is 15.8. The van der Waals surface area contributed by atoms with Gasteiger partial charge in [-0.2, -0.15) is 0 Å². The van der Waals surface area contributed by atoms with Crippen LogP contribution in [0.2, 0.25) is 0 Å². The summed E-state index contributed by atoms with van der Waals surface area (Å²) < 4.78 is 7.24. The first kappa shape index (κ1) is 19.9. The Kier molecular flexibility index (Phi) is 6.36. The number of aromatic nitrogens is 3. The first-order valence-corrected chi connectivity index (χ1v) is 9.96. The molecule has 1 amide bonds. The zero-order valence-corrected chi connectivity index (χ0v) is 17.4. The Balaban J connectivity index is 1.67. The van der Waals surface area contributed by atoms with Gasteiger partial charge < -0.3 is 9.64 Å². The monoisotopic (exact) mass is 396 g/mol. The van der Waals surface area contributed by atoms with Gasteiger partial charge in [-0.25, -0.2) is 0 Å². The Bertz CT molecular complexity index is 971. The van der Waals surface area contributed by atoms with Crippen LogP contribution in [0.3, 0.4) is 0 Å². The van der Waals surface area contributed by atoms with Crippen molar-refractivity contribution in [3.05, 3.63) is 65.5 Å². The summed E-state index contributed by atoms with van der Waals surface area (Å²) in [6.07, 6.45) is 0. The highest BCUT2D eigenvalue weighted by molar-refractivity contribution is 7.99. The summed E-state index contributed by atoms with van der Waals surface area (Å²) >= 11 is 1.40. The fraction of sp³-hybridized carbons (Fsp3) is 0.286. The number of carbonyl (C=O) groups excluding carboxylic acids is 1. The molecule has 0 saturated heterocycles. The van der Waals surface area contributed by atoms with E-state index in [1.165, 1.54) is 11.8 Å². The van der Waals surface area contributed by atoms with Crippen LogP contribution < -0.4 is 4.74 Å². The van der Waals surface area contributed by atoms with Gasteiger partial charge in [0.1, 0.15) is 11.6 Å². The molecule has 3 aromatic rings. The molecule has 0 bridgehead atoms. The molecule has 1 aromatic heterocycles. The van der Waals surface area contributed by atoms with Crippen LogP contribution in [0.1, 0.15) is 17.0 Å². The van der Waals surface area contributed by atoms with E-state index in [2.05, 4.69) is 23.2 Å². The fourth-order valence-electron chi connectivity index (χ4n) is 2.90. The molecular weight excluding hydrogens is 372 g/mol. The van der Waals surface area contributed by atoms with Gasteiger partial charge in [-0.05, 0) is 43.2 Å². The van der Waals surface area contributed by atoms with Crippen LogP contribution in [0.15, 0.2) is 53.7 Å². The highest BCUT2D eigenvalue weighted by Gasteiger charge is 2.16. The summed E-state index contributed by atoms with van der Waals surface area (Å²) in [5.74, 6) is 1.91. The minimum Gasteiger partial charge on any atom is -0.497 e. The van der Waals surface area contributed by atoms with Gasteiger partial charge >= 0.3 is 0 Å². The number of hydrogen-bond acceptors (Lipinski definition) is 5. The van der Waals surface area contributed by atoms with Crippen molar-refractivity contribution >= 4 is 17.7 Å². The molecule has 0 spiro atoms. The quantitative estimate of drug-likeness (QED) is 0.571. The maximum Gasteiger partial charge on any atom is 0.233 e. The minimum absolute atomic E-state index is 0.0322. The van der Waals surface area contributed by atoms with Crippen molar-refractivity contribution in [3.8, 4) is 11.4 Å². The molecule has 0 atom stereocenters. The zero-order valence-electron chi connectivity index (χ0n) is 16.5. The van der Waals surface area contributed by atoms with E-state index in [4.69, 9.17) is 4.74 Å². The fourth-order valence-corrected chi connectivity index (χ4v) is 3.83. The molecule has 0 fully saturated rings. The molecule has 7 heteroatoms. The Hall–Kier alpha value is -2.80. The molecule has 1 heterocycles. The SMILES string of the molecule is COc1cccc(CN(C)C(=O)CSc2nnc(C)n2-c2ccccc2C)c1. The van der Waals surface area contributed by atoms with E-state index in [-0.39, 0.29) is 5.91 Å². The Morgan fingerprint density at radius 2 is 1.93 bits per heavy atom. The maximum absolute atomic E-state index is 12.6. The lowest BCUT2D eigenvalue weighted by molar-refractivity contribution is -0.127. The number of aryl methyl sites for hydroxylation is 2. The second-order valence-electron chi connectivity index (χ2n) is 6.54. The van der Waals surface area contributed by atoms with Crippen LogP contribution in [-0.2, 0) is 11.3 Å². The lowest BCUT2D eigenvalue weighted by Gasteiger charge is -2.17. The molecule has 0 unspecified atom stereocenters. The van der Waals surface area contributed by atoms with Gasteiger partial charge in [0.25, 0.3) is 0 Å². The van der Waals surface area contributed by atoms with Crippen LogP contribution in [0.5, 0.6) is 5.75 Å². The van der Waals surface area contributed by atoms with Crippen molar-refractivity contribution in [2.75, 3.05) is 19.9 Å². The van der Waals surface area contributed by atoms with E-state index in [1.54, 1.807) is 19.1 Å². The molecular formula is C21H24N4O2S. The molecule has 0 saturated carbocycles. The number of nitrogens with zero attached hydrogens (tertiary/aromatic N) is 4. The Morgan fingerprint density at radius 1 is 1.14 bits per heavy atom. The van der Waals surface area contributed by atoms with E-state index in [9.17, 15) is 4.79 Å². The normalized spacial score (nSPS) is 10.7. The molecule has 0 radical (unpaired) electrons. The van der Waals surface area contributed by atoms with E-state index < -0.39 is 0 Å². The summed E-state index contributed by atoms with van der Waals surface area (Å²) in [7, 11) is 3.44. The highest BCUT2D eigenvalue weighted by Crippen LogP contribution is 2.24. The summed E-state index contributed by atoms with van der Waals surface area (Å²) in [5.41, 5.74) is 3.19. The van der Waals surface area contributed by atoms with Crippen molar-refractivity contribution in [3.63, 3.8) is 0 Å². The number of amides is 1. The Morgan fingerprint density at radius 3 is 2.68 bits per heavy atom. The maximum atomic E-state index is 12.6. The molecule has 3 rings (SSSR count). The number of methoxy groups -OCH3 is 1. The number of carbonyl (C=O) groups is 1. The van der Waals surface area contributed by atoms with E-state index in [0.717, 1.165) is 33.5 Å². The lowest BCUT2D eigenvalue weighted by atomic mass is 10.2. The first-order valence-electron chi connectivity index (χ1n) is 8.97. The second-order valence-corrected chi connectivity index (χ2v) is 7.48. The van der Waals surface area contributed by atoms with Gasteiger partial charge in [0.2, 0.25) is 5.91 Å².